The van der Waals surface area contributed by atoms with Gasteiger partial charge in [0.2, 0.25) is 10.0 Å². The average molecular weight is 319 g/mol. The Bertz CT molecular complexity index is 558. The molecule has 9 heteroatoms. The van der Waals surface area contributed by atoms with Gasteiger partial charge in [-0.15, -0.1) is 0 Å². The van der Waals surface area contributed by atoms with Crippen molar-refractivity contribution in [3.05, 3.63) is 27.2 Å². The van der Waals surface area contributed by atoms with E-state index in [4.69, 9.17) is 39.9 Å². The normalized spacial score (nSPS) is 11.2. The second kappa shape index (κ2) is 5.30. The predicted octanol–water partition coefficient (Wildman–Crippen LogP) is 2.47. The van der Waals surface area contributed by atoms with E-state index in [1.807, 2.05) is 4.72 Å². The number of aliphatic carboxylic acids is 1. The third kappa shape index (κ3) is 4.23. The Morgan fingerprint density at radius 2 is 1.71 bits per heavy atom. The van der Waals surface area contributed by atoms with Crippen LogP contribution in [0.1, 0.15) is 0 Å². The SMILES string of the molecule is O=C(O)CS(=O)(=O)Nc1cc(Cl)c(Cl)cc1Cl. The van der Waals surface area contributed by atoms with Gasteiger partial charge in [0.15, 0.2) is 5.75 Å². The molecule has 0 aromatic heterocycles. The van der Waals surface area contributed by atoms with E-state index >= 15 is 0 Å². The number of anilines is 1. The van der Waals surface area contributed by atoms with Crippen molar-refractivity contribution in [2.45, 2.75) is 0 Å². The molecule has 0 aliphatic rings. The van der Waals surface area contributed by atoms with Crippen LogP contribution >= 0.6 is 34.8 Å². The summed E-state index contributed by atoms with van der Waals surface area (Å²) in [6.45, 7) is 0. The van der Waals surface area contributed by atoms with E-state index in [-0.39, 0.29) is 20.8 Å². The number of benzene rings is 1. The molecule has 94 valence electrons. The molecule has 0 bridgehead atoms. The Labute approximate surface area is 112 Å². The molecule has 17 heavy (non-hydrogen) atoms. The van der Waals surface area contributed by atoms with Gasteiger partial charge < -0.3 is 5.11 Å². The van der Waals surface area contributed by atoms with Crippen molar-refractivity contribution in [2.75, 3.05) is 10.5 Å². The van der Waals surface area contributed by atoms with E-state index < -0.39 is 21.7 Å². The summed E-state index contributed by atoms with van der Waals surface area (Å²) in [4.78, 5) is 10.3. The molecule has 0 fully saturated rings. The second-order valence-electron chi connectivity index (χ2n) is 3.00. The Morgan fingerprint density at radius 3 is 2.24 bits per heavy atom. The number of rotatable bonds is 4. The molecule has 0 unspecified atom stereocenters. The summed E-state index contributed by atoms with van der Waals surface area (Å²) in [5.41, 5.74) is -0.0256. The zero-order valence-corrected chi connectivity index (χ0v) is 11.2. The van der Waals surface area contributed by atoms with E-state index in [9.17, 15) is 13.2 Å². The molecular formula is C8H6Cl3NO4S. The van der Waals surface area contributed by atoms with Crippen LogP contribution < -0.4 is 4.72 Å². The van der Waals surface area contributed by atoms with Crippen molar-refractivity contribution < 1.29 is 18.3 Å². The highest BCUT2D eigenvalue weighted by Crippen LogP contribution is 2.32. The van der Waals surface area contributed by atoms with Crippen LogP contribution in [0, 0.1) is 0 Å². The lowest BCUT2D eigenvalue weighted by molar-refractivity contribution is -0.134. The molecular weight excluding hydrogens is 313 g/mol. The molecule has 0 saturated carbocycles. The predicted molar refractivity (Wildman–Crippen MR) is 66.5 cm³/mol. The largest absolute Gasteiger partial charge is 0.480 e. The van der Waals surface area contributed by atoms with Gasteiger partial charge in [-0.3, -0.25) is 9.52 Å². The number of sulfonamides is 1. The average Bonchev–Trinajstić information content (AvgIpc) is 2.11. The lowest BCUT2D eigenvalue weighted by Crippen LogP contribution is -2.22. The Kier molecular flexibility index (Phi) is 4.48. The van der Waals surface area contributed by atoms with Crippen LogP contribution in [0.4, 0.5) is 5.69 Å². The summed E-state index contributed by atoms with van der Waals surface area (Å²) >= 11 is 17.1. The first kappa shape index (κ1) is 14.4. The van der Waals surface area contributed by atoms with E-state index in [1.54, 1.807) is 0 Å². The first-order chi connectivity index (χ1) is 7.71. The highest BCUT2D eigenvalue weighted by Gasteiger charge is 2.17. The topological polar surface area (TPSA) is 83.5 Å². The van der Waals surface area contributed by atoms with Crippen LogP contribution in [-0.4, -0.2) is 25.2 Å². The van der Waals surface area contributed by atoms with Gasteiger partial charge in [0, 0.05) is 0 Å². The third-order valence-electron chi connectivity index (χ3n) is 1.59. The zero-order chi connectivity index (χ0) is 13.2. The van der Waals surface area contributed by atoms with Gasteiger partial charge in [-0.05, 0) is 12.1 Å². The number of carboxylic acids is 1. The maximum absolute atomic E-state index is 11.3. The van der Waals surface area contributed by atoms with Gasteiger partial charge in [-0.1, -0.05) is 34.8 Å². The summed E-state index contributed by atoms with van der Waals surface area (Å²) in [5, 5.41) is 8.68. The smallest absolute Gasteiger partial charge is 0.320 e. The minimum atomic E-state index is -4.02. The fourth-order valence-corrected chi connectivity index (χ4v) is 2.52. The van der Waals surface area contributed by atoms with E-state index in [1.165, 1.54) is 12.1 Å². The van der Waals surface area contributed by atoms with Crippen LogP contribution in [0.3, 0.4) is 0 Å². The molecule has 0 aliphatic carbocycles. The molecule has 1 rings (SSSR count). The van der Waals surface area contributed by atoms with Crippen molar-refractivity contribution >= 4 is 56.5 Å². The van der Waals surface area contributed by atoms with Gasteiger partial charge >= 0.3 is 5.97 Å². The van der Waals surface area contributed by atoms with E-state index in [2.05, 4.69) is 0 Å². The number of carbonyl (C=O) groups is 1. The minimum absolute atomic E-state index is 0.0216. The highest BCUT2D eigenvalue weighted by molar-refractivity contribution is 7.93. The van der Waals surface area contributed by atoms with Crippen LogP contribution in [-0.2, 0) is 14.8 Å². The highest BCUT2D eigenvalue weighted by atomic mass is 35.5. The molecule has 0 spiro atoms. The van der Waals surface area contributed by atoms with E-state index in [0.29, 0.717) is 0 Å². The number of halogens is 3. The molecule has 0 amide bonds. The first-order valence-electron chi connectivity index (χ1n) is 4.08. The molecule has 0 heterocycles. The van der Waals surface area contributed by atoms with Crippen LogP contribution in [0.15, 0.2) is 12.1 Å². The van der Waals surface area contributed by atoms with Crippen LogP contribution in [0.5, 0.6) is 0 Å². The second-order valence-corrected chi connectivity index (χ2v) is 5.94. The Balaban J connectivity index is 3.04. The summed E-state index contributed by atoms with van der Waals surface area (Å²) in [6, 6.07) is 2.45. The van der Waals surface area contributed by atoms with E-state index in [0.717, 1.165) is 0 Å². The molecule has 0 radical (unpaired) electrons. The summed E-state index contributed by atoms with van der Waals surface area (Å²) < 4.78 is 24.7. The maximum Gasteiger partial charge on any atom is 0.320 e. The fourth-order valence-electron chi connectivity index (χ4n) is 0.967. The molecule has 0 atom stereocenters. The molecule has 2 N–H and O–H groups in total. The van der Waals surface area contributed by atoms with Crippen LogP contribution in [0.2, 0.25) is 15.1 Å². The summed E-state index contributed by atoms with van der Waals surface area (Å²) in [6.07, 6.45) is 0. The minimum Gasteiger partial charge on any atom is -0.480 e. The number of nitrogens with one attached hydrogen (secondary N) is 1. The lowest BCUT2D eigenvalue weighted by atomic mass is 10.3. The van der Waals surface area contributed by atoms with Crippen LogP contribution in [0.25, 0.3) is 0 Å². The Hall–Kier alpha value is -0.690. The fraction of sp³-hybridized carbons (Fsp3) is 0.125. The standard InChI is InChI=1S/C8H6Cl3NO4S/c9-4-1-6(11)7(2-5(4)10)12-17(15,16)3-8(13)14/h1-2,12H,3H2,(H,13,14). The molecule has 1 aromatic rings. The number of hydrogen-bond donors (Lipinski definition) is 2. The monoisotopic (exact) mass is 317 g/mol. The van der Waals surface area contributed by atoms with Gasteiger partial charge in [0.25, 0.3) is 0 Å². The number of carboxylic acid groups (broad SMARTS) is 1. The summed E-state index contributed by atoms with van der Waals surface area (Å²) in [7, 11) is -4.02. The van der Waals surface area contributed by atoms with Crippen molar-refractivity contribution in [1.82, 2.24) is 0 Å². The molecule has 0 saturated heterocycles. The number of hydrogen-bond acceptors (Lipinski definition) is 3. The summed E-state index contributed by atoms with van der Waals surface area (Å²) in [5.74, 6) is -2.54. The van der Waals surface area contributed by atoms with Gasteiger partial charge in [0.05, 0.1) is 20.8 Å². The first-order valence-corrected chi connectivity index (χ1v) is 6.87. The van der Waals surface area contributed by atoms with Gasteiger partial charge in [-0.25, -0.2) is 8.42 Å². The Morgan fingerprint density at radius 1 is 1.18 bits per heavy atom. The quantitative estimate of drug-likeness (QED) is 0.835. The van der Waals surface area contributed by atoms with Gasteiger partial charge in [0.1, 0.15) is 0 Å². The van der Waals surface area contributed by atoms with Crippen molar-refractivity contribution in [3.8, 4) is 0 Å². The third-order valence-corrected chi connectivity index (χ3v) is 3.78. The zero-order valence-electron chi connectivity index (χ0n) is 8.08. The van der Waals surface area contributed by atoms with Crippen molar-refractivity contribution in [2.24, 2.45) is 0 Å². The molecule has 1 aromatic carbocycles. The molecule has 5 nitrogen and oxygen atoms in total. The van der Waals surface area contributed by atoms with Gasteiger partial charge in [-0.2, -0.15) is 0 Å². The van der Waals surface area contributed by atoms with Crippen molar-refractivity contribution in [3.63, 3.8) is 0 Å². The maximum atomic E-state index is 11.3. The molecule has 0 aliphatic heterocycles. The van der Waals surface area contributed by atoms with Crippen molar-refractivity contribution in [1.29, 1.82) is 0 Å². The lowest BCUT2D eigenvalue weighted by Gasteiger charge is -2.09.